The van der Waals surface area contributed by atoms with Gasteiger partial charge in [-0.05, 0) is 6.92 Å². The van der Waals surface area contributed by atoms with E-state index in [0.717, 1.165) is 0 Å². The summed E-state index contributed by atoms with van der Waals surface area (Å²) in [6.45, 7) is 1.41. The third-order valence-electron chi connectivity index (χ3n) is 0.197. The van der Waals surface area contributed by atoms with Crippen molar-refractivity contribution in [2.45, 2.75) is 13.0 Å². The molecule has 2 nitrogen and oxygen atoms in total. The van der Waals surface area contributed by atoms with Crippen molar-refractivity contribution in [3.63, 3.8) is 0 Å². The minimum absolute atomic E-state index is 0.472. The Labute approximate surface area is 30.4 Å². The number of aliphatic hydroxyl groups is 1. The highest BCUT2D eigenvalue weighted by molar-refractivity contribution is 5.54. The summed E-state index contributed by atoms with van der Waals surface area (Å²) < 4.78 is 0. The molecule has 0 bridgehead atoms. The van der Waals surface area contributed by atoms with Gasteiger partial charge < -0.3 is 9.90 Å². The van der Waals surface area contributed by atoms with Crippen molar-refractivity contribution in [3.8, 4) is 0 Å². The molecule has 0 fully saturated rings. The largest absolute Gasteiger partial charge is 0.386 e. The zero-order valence-electron chi connectivity index (χ0n) is 3.01. The van der Waals surface area contributed by atoms with Crippen LogP contribution in [0.4, 0.5) is 0 Å². The van der Waals surface area contributed by atoms with Crippen LogP contribution in [0.2, 0.25) is 0 Å². The van der Waals surface area contributed by atoms with E-state index in [1.807, 2.05) is 0 Å². The normalized spacial score (nSPS) is 14.0. The first-order valence-electron chi connectivity index (χ1n) is 1.40. The molecule has 0 amide bonds. The second-order valence-corrected chi connectivity index (χ2v) is 0.877. The van der Waals surface area contributed by atoms with Gasteiger partial charge in [0.15, 0.2) is 0 Å². The van der Waals surface area contributed by atoms with Gasteiger partial charge in [-0.25, -0.2) is 0 Å². The lowest BCUT2D eigenvalue weighted by Gasteiger charge is -1.79. The molecule has 0 aromatic carbocycles. The zero-order valence-corrected chi connectivity index (χ0v) is 3.01. The Balaban J connectivity index is 2.83. The summed E-state index contributed by atoms with van der Waals surface area (Å²) in [6.07, 6.45) is -0.324. The Hall–Kier alpha value is -0.370. The van der Waals surface area contributed by atoms with Crippen LogP contribution in [0.5, 0.6) is 0 Å². The lowest BCUT2D eigenvalue weighted by atomic mass is 10.5. The smallest absolute Gasteiger partial charge is 0.148 e. The molecule has 0 rings (SSSR count). The van der Waals surface area contributed by atoms with Crippen LogP contribution in [0.3, 0.4) is 0 Å². The summed E-state index contributed by atoms with van der Waals surface area (Å²) in [5, 5.41) is 7.99. The molecule has 0 saturated heterocycles. The Morgan fingerprint density at radius 2 is 2.20 bits per heavy atom. The zero-order chi connectivity index (χ0) is 4.28. The summed E-state index contributed by atoms with van der Waals surface area (Å²) in [7, 11) is 0. The van der Waals surface area contributed by atoms with Gasteiger partial charge in [-0.1, -0.05) is 0 Å². The molecule has 0 aliphatic carbocycles. The topological polar surface area (TPSA) is 37.3 Å². The second kappa shape index (κ2) is 1.91. The fraction of sp³-hybridized carbons (Fsp3) is 0.667. The standard InChI is InChI=1S/C3H6O2/c1-3(5)2-4/h2-3,5H,1H3/t3-/m1/s1. The van der Waals surface area contributed by atoms with Gasteiger partial charge >= 0.3 is 0 Å². The first-order valence-corrected chi connectivity index (χ1v) is 1.40. The molecule has 0 aromatic rings. The molecule has 1 atom stereocenters. The van der Waals surface area contributed by atoms with Crippen molar-refractivity contribution < 1.29 is 9.90 Å². The first kappa shape index (κ1) is 4.63. The number of carbonyl (C=O) groups excluding carboxylic acids is 1. The monoisotopic (exact) mass is 74.0 g/mol. The molecule has 5 heavy (non-hydrogen) atoms. The average Bonchev–Trinajstić information content (AvgIpc) is 1.38. The maximum absolute atomic E-state index is 9.25. The first-order chi connectivity index (χ1) is 2.27. The number of rotatable bonds is 1. The molecular formula is C3H6O2. The second-order valence-electron chi connectivity index (χ2n) is 0.877. The lowest BCUT2D eigenvalue weighted by molar-refractivity contribution is -0.114. The third kappa shape index (κ3) is 3.63. The predicted molar refractivity (Wildman–Crippen MR) is 17.7 cm³/mol. The number of aldehydes is 1. The van der Waals surface area contributed by atoms with Gasteiger partial charge in [0, 0.05) is 0 Å². The van der Waals surface area contributed by atoms with Crippen molar-refractivity contribution in [1.82, 2.24) is 0 Å². The molecule has 0 unspecified atom stereocenters. The Morgan fingerprint density at radius 3 is 2.20 bits per heavy atom. The Morgan fingerprint density at radius 1 is 2.00 bits per heavy atom. The quantitative estimate of drug-likeness (QED) is 0.428. The van der Waals surface area contributed by atoms with Crippen LogP contribution in [0.25, 0.3) is 0 Å². The van der Waals surface area contributed by atoms with Gasteiger partial charge in [0.25, 0.3) is 0 Å². The summed E-state index contributed by atoms with van der Waals surface area (Å²) >= 11 is 0. The maximum atomic E-state index is 9.25. The van der Waals surface area contributed by atoms with Crippen LogP contribution in [0.15, 0.2) is 0 Å². The molecule has 0 aromatic heterocycles. The number of carbonyl (C=O) groups is 1. The van der Waals surface area contributed by atoms with Gasteiger partial charge in [0.2, 0.25) is 0 Å². The molecular weight excluding hydrogens is 68.0 g/mol. The number of hydrogen-bond donors (Lipinski definition) is 1. The van der Waals surface area contributed by atoms with Crippen LogP contribution >= 0.6 is 0 Å². The van der Waals surface area contributed by atoms with Crippen LogP contribution in [-0.2, 0) is 4.79 Å². The van der Waals surface area contributed by atoms with Crippen LogP contribution in [-0.4, -0.2) is 17.5 Å². The van der Waals surface area contributed by atoms with E-state index in [0.29, 0.717) is 6.29 Å². The van der Waals surface area contributed by atoms with E-state index in [-0.39, 0.29) is 0 Å². The molecule has 0 radical (unpaired) electrons. The van der Waals surface area contributed by atoms with Crippen molar-refractivity contribution >= 4 is 6.29 Å². The maximum Gasteiger partial charge on any atom is 0.148 e. The summed E-state index contributed by atoms with van der Waals surface area (Å²) in [4.78, 5) is 9.25. The van der Waals surface area contributed by atoms with Gasteiger partial charge in [0.05, 0.1) is 0 Å². The predicted octanol–water partition coefficient (Wildman–Crippen LogP) is -0.434. The van der Waals surface area contributed by atoms with Crippen LogP contribution < -0.4 is 0 Å². The van der Waals surface area contributed by atoms with E-state index in [9.17, 15) is 4.79 Å². The summed E-state index contributed by atoms with van der Waals surface area (Å²) in [5.41, 5.74) is 0. The van der Waals surface area contributed by atoms with E-state index in [2.05, 4.69) is 0 Å². The molecule has 2 heteroatoms. The van der Waals surface area contributed by atoms with Crippen molar-refractivity contribution in [2.24, 2.45) is 0 Å². The molecule has 30 valence electrons. The fourth-order valence-electron chi connectivity index (χ4n) is 0. The van der Waals surface area contributed by atoms with E-state index >= 15 is 0 Å². The molecule has 0 aliphatic rings. The number of aliphatic hydroxyl groups excluding tert-OH is 1. The lowest BCUT2D eigenvalue weighted by Crippen LogP contribution is -1.97. The molecule has 0 heterocycles. The van der Waals surface area contributed by atoms with E-state index in [1.54, 1.807) is 0 Å². The third-order valence-corrected chi connectivity index (χ3v) is 0.197. The molecule has 0 aliphatic heterocycles. The minimum Gasteiger partial charge on any atom is -0.386 e. The fourth-order valence-corrected chi connectivity index (χ4v) is 0. The molecule has 1 N–H and O–H groups in total. The van der Waals surface area contributed by atoms with Crippen LogP contribution in [0, 0.1) is 0 Å². The number of hydrogen-bond acceptors (Lipinski definition) is 2. The minimum atomic E-state index is -0.796. The highest BCUT2D eigenvalue weighted by Crippen LogP contribution is 1.62. The van der Waals surface area contributed by atoms with E-state index in [4.69, 9.17) is 5.11 Å². The SMILES string of the molecule is C[C@@H](O)C=O. The highest BCUT2D eigenvalue weighted by atomic mass is 16.3. The molecule has 0 saturated carbocycles. The van der Waals surface area contributed by atoms with Crippen molar-refractivity contribution in [2.75, 3.05) is 0 Å². The average molecular weight is 74.1 g/mol. The van der Waals surface area contributed by atoms with E-state index in [1.165, 1.54) is 6.92 Å². The Bertz CT molecular complexity index is 31.9. The van der Waals surface area contributed by atoms with Gasteiger partial charge in [0.1, 0.15) is 12.4 Å². The highest BCUT2D eigenvalue weighted by Gasteiger charge is 1.81. The summed E-state index contributed by atoms with van der Waals surface area (Å²) in [6, 6.07) is 0. The van der Waals surface area contributed by atoms with Gasteiger partial charge in [-0.3, -0.25) is 0 Å². The van der Waals surface area contributed by atoms with Crippen molar-refractivity contribution in [1.29, 1.82) is 0 Å². The Kier molecular flexibility index (Phi) is 1.76. The summed E-state index contributed by atoms with van der Waals surface area (Å²) in [5.74, 6) is 0. The van der Waals surface area contributed by atoms with E-state index < -0.39 is 6.10 Å². The molecule has 0 spiro atoms. The van der Waals surface area contributed by atoms with Crippen molar-refractivity contribution in [3.05, 3.63) is 0 Å². The van der Waals surface area contributed by atoms with Gasteiger partial charge in [-0.15, -0.1) is 0 Å². The van der Waals surface area contributed by atoms with Crippen LogP contribution in [0.1, 0.15) is 6.92 Å². The van der Waals surface area contributed by atoms with Gasteiger partial charge in [-0.2, -0.15) is 0 Å².